The fourth-order valence-corrected chi connectivity index (χ4v) is 4.29. The van der Waals surface area contributed by atoms with Gasteiger partial charge in [0, 0.05) is 13.6 Å². The van der Waals surface area contributed by atoms with Gasteiger partial charge in [-0.1, -0.05) is 24.3 Å². The van der Waals surface area contributed by atoms with Crippen LogP contribution in [-0.4, -0.2) is 29.5 Å². The molecular formula is C17H18BrN3O2. The molecule has 1 aliphatic heterocycles. The molecule has 0 bridgehead atoms. The molecule has 2 heterocycles. The van der Waals surface area contributed by atoms with E-state index in [1.807, 2.05) is 0 Å². The molecule has 1 unspecified atom stereocenters. The Morgan fingerprint density at radius 3 is 3.04 bits per heavy atom. The Morgan fingerprint density at radius 1 is 1.35 bits per heavy atom. The molecule has 0 saturated carbocycles. The number of hydrogen-bond acceptors (Lipinski definition) is 4. The molecule has 1 aromatic heterocycles. The van der Waals surface area contributed by atoms with Crippen molar-refractivity contribution in [2.24, 2.45) is 7.05 Å². The number of nitrogens with zero attached hydrogens (tertiary/aromatic N) is 3. The molecule has 23 heavy (non-hydrogen) atoms. The van der Waals surface area contributed by atoms with Crippen LogP contribution in [0.15, 0.2) is 39.7 Å². The third kappa shape index (κ3) is 2.32. The van der Waals surface area contributed by atoms with E-state index in [4.69, 9.17) is 4.74 Å². The van der Waals surface area contributed by atoms with E-state index in [1.165, 1.54) is 15.8 Å². The van der Waals surface area contributed by atoms with Gasteiger partial charge in [0.2, 0.25) is 0 Å². The minimum Gasteiger partial charge on any atom is -0.367 e. The van der Waals surface area contributed by atoms with Gasteiger partial charge in [-0.3, -0.25) is 4.79 Å². The summed E-state index contributed by atoms with van der Waals surface area (Å²) in [6, 6.07) is 8.51. The molecule has 0 amide bonds. The van der Waals surface area contributed by atoms with Crippen molar-refractivity contribution in [1.29, 1.82) is 0 Å². The van der Waals surface area contributed by atoms with E-state index in [2.05, 4.69) is 50.2 Å². The number of hydrogen-bond donors (Lipinski definition) is 0. The van der Waals surface area contributed by atoms with Gasteiger partial charge in [-0.25, -0.2) is 4.68 Å². The molecular weight excluding hydrogens is 358 g/mol. The Morgan fingerprint density at radius 2 is 2.17 bits per heavy atom. The lowest BCUT2D eigenvalue weighted by Crippen LogP contribution is -2.49. The van der Waals surface area contributed by atoms with Crippen LogP contribution in [0.4, 0.5) is 5.69 Å². The minimum absolute atomic E-state index is 0.116. The molecule has 1 aromatic carbocycles. The van der Waals surface area contributed by atoms with Crippen LogP contribution in [0.2, 0.25) is 0 Å². The minimum atomic E-state index is -0.268. The van der Waals surface area contributed by atoms with E-state index in [9.17, 15) is 4.79 Å². The van der Waals surface area contributed by atoms with Crippen molar-refractivity contribution in [2.75, 3.05) is 24.6 Å². The lowest BCUT2D eigenvalue weighted by Gasteiger charge is -2.42. The van der Waals surface area contributed by atoms with Gasteiger partial charge in [-0.2, -0.15) is 5.10 Å². The number of halogens is 1. The second-order valence-electron chi connectivity index (χ2n) is 6.19. The quantitative estimate of drug-likeness (QED) is 0.766. The maximum absolute atomic E-state index is 12.1. The zero-order valence-corrected chi connectivity index (χ0v) is 14.5. The van der Waals surface area contributed by atoms with Gasteiger partial charge in [-0.05, 0) is 39.9 Å². The van der Waals surface area contributed by atoms with Crippen LogP contribution in [0, 0.1) is 0 Å². The lowest BCUT2D eigenvalue weighted by molar-refractivity contribution is -0.0592. The van der Waals surface area contributed by atoms with Crippen LogP contribution < -0.4 is 10.5 Å². The highest BCUT2D eigenvalue weighted by molar-refractivity contribution is 9.10. The zero-order chi connectivity index (χ0) is 16.0. The summed E-state index contributed by atoms with van der Waals surface area (Å²) in [7, 11) is 1.66. The summed E-state index contributed by atoms with van der Waals surface area (Å²) < 4.78 is 8.15. The van der Waals surface area contributed by atoms with Gasteiger partial charge in [0.1, 0.15) is 10.1 Å². The third-order valence-electron chi connectivity index (χ3n) is 4.89. The van der Waals surface area contributed by atoms with Crippen LogP contribution in [0.1, 0.15) is 17.5 Å². The topological polar surface area (TPSA) is 47.4 Å². The molecule has 1 atom stereocenters. The first-order chi connectivity index (χ1) is 11.1. The first kappa shape index (κ1) is 14.9. The van der Waals surface area contributed by atoms with Gasteiger partial charge in [-0.15, -0.1) is 0 Å². The fourth-order valence-electron chi connectivity index (χ4n) is 3.68. The van der Waals surface area contributed by atoms with Gasteiger partial charge in [0.25, 0.3) is 5.56 Å². The Labute approximate surface area is 143 Å². The molecule has 0 radical (unpaired) electrons. The molecule has 1 saturated heterocycles. The first-order valence-corrected chi connectivity index (χ1v) is 8.59. The summed E-state index contributed by atoms with van der Waals surface area (Å²) in [6.45, 7) is 2.16. The standard InChI is InChI=1S/C17H18BrN3O2/c1-20-16(22)15(18)14(10-19-20)21-8-9-23-17(11-21)7-6-12-4-2-3-5-13(12)17/h2-5,10H,6-9,11H2,1H3. The zero-order valence-electron chi connectivity index (χ0n) is 13.0. The number of ether oxygens (including phenoxy) is 1. The molecule has 2 aromatic rings. The summed E-state index contributed by atoms with van der Waals surface area (Å²) in [4.78, 5) is 14.4. The Kier molecular flexibility index (Phi) is 3.54. The van der Waals surface area contributed by atoms with Crippen molar-refractivity contribution < 1.29 is 4.74 Å². The first-order valence-electron chi connectivity index (χ1n) is 7.80. The van der Waals surface area contributed by atoms with Crippen LogP contribution in [0.3, 0.4) is 0 Å². The van der Waals surface area contributed by atoms with E-state index in [-0.39, 0.29) is 11.2 Å². The van der Waals surface area contributed by atoms with E-state index >= 15 is 0 Å². The highest BCUT2D eigenvalue weighted by Crippen LogP contribution is 2.43. The number of rotatable bonds is 1. The number of morpholine rings is 1. The molecule has 1 spiro atoms. The van der Waals surface area contributed by atoms with Gasteiger partial charge in [0.05, 0.1) is 25.0 Å². The molecule has 120 valence electrons. The smallest absolute Gasteiger partial charge is 0.282 e. The summed E-state index contributed by atoms with van der Waals surface area (Å²) in [6.07, 6.45) is 3.78. The number of aromatic nitrogens is 2. The van der Waals surface area contributed by atoms with Crippen molar-refractivity contribution in [2.45, 2.75) is 18.4 Å². The normalized spacial score (nSPS) is 23.3. The predicted molar refractivity (Wildman–Crippen MR) is 91.8 cm³/mol. The van der Waals surface area contributed by atoms with Crippen LogP contribution in [-0.2, 0) is 23.8 Å². The molecule has 1 fully saturated rings. The molecule has 4 rings (SSSR count). The SMILES string of the molecule is Cn1ncc(N2CCOC3(CCc4ccccc43)C2)c(Br)c1=O. The molecule has 6 heteroatoms. The van der Waals surface area contributed by atoms with Gasteiger partial charge < -0.3 is 9.64 Å². The second-order valence-corrected chi connectivity index (χ2v) is 6.99. The lowest BCUT2D eigenvalue weighted by atomic mass is 9.93. The average Bonchev–Trinajstić information content (AvgIpc) is 2.92. The van der Waals surface area contributed by atoms with Gasteiger partial charge in [0.15, 0.2) is 0 Å². The highest BCUT2D eigenvalue weighted by Gasteiger charge is 2.43. The van der Waals surface area contributed by atoms with Crippen molar-refractivity contribution in [1.82, 2.24) is 9.78 Å². The van der Waals surface area contributed by atoms with Crippen LogP contribution >= 0.6 is 15.9 Å². The van der Waals surface area contributed by atoms with E-state index in [1.54, 1.807) is 13.2 Å². The summed E-state index contributed by atoms with van der Waals surface area (Å²) >= 11 is 3.44. The Bertz CT molecular complexity index is 816. The predicted octanol–water partition coefficient (Wildman–Crippen LogP) is 2.22. The molecule has 5 nitrogen and oxygen atoms in total. The van der Waals surface area contributed by atoms with Crippen molar-refractivity contribution in [3.8, 4) is 0 Å². The number of fused-ring (bicyclic) bond motifs is 2. The van der Waals surface area contributed by atoms with E-state index in [0.29, 0.717) is 11.1 Å². The summed E-state index contributed by atoms with van der Waals surface area (Å²) in [5, 5.41) is 4.17. The van der Waals surface area contributed by atoms with Crippen molar-refractivity contribution in [3.05, 3.63) is 56.4 Å². The third-order valence-corrected chi connectivity index (χ3v) is 5.64. The van der Waals surface area contributed by atoms with Crippen LogP contribution in [0.25, 0.3) is 0 Å². The Hall–Kier alpha value is -1.66. The van der Waals surface area contributed by atoms with E-state index in [0.717, 1.165) is 31.6 Å². The van der Waals surface area contributed by atoms with Crippen molar-refractivity contribution >= 4 is 21.6 Å². The maximum atomic E-state index is 12.1. The number of aryl methyl sites for hydroxylation is 2. The number of anilines is 1. The molecule has 2 aliphatic rings. The van der Waals surface area contributed by atoms with Crippen LogP contribution in [0.5, 0.6) is 0 Å². The largest absolute Gasteiger partial charge is 0.367 e. The molecule has 0 N–H and O–H groups in total. The second kappa shape index (κ2) is 5.46. The fraction of sp³-hybridized carbons (Fsp3) is 0.412. The number of benzene rings is 1. The van der Waals surface area contributed by atoms with E-state index < -0.39 is 0 Å². The highest BCUT2D eigenvalue weighted by atomic mass is 79.9. The average molecular weight is 376 g/mol. The summed E-state index contributed by atoms with van der Waals surface area (Å²) in [5.74, 6) is 0. The maximum Gasteiger partial charge on any atom is 0.282 e. The Balaban J connectivity index is 1.72. The molecule has 1 aliphatic carbocycles. The monoisotopic (exact) mass is 375 g/mol. The van der Waals surface area contributed by atoms with Crippen molar-refractivity contribution in [3.63, 3.8) is 0 Å². The van der Waals surface area contributed by atoms with Gasteiger partial charge >= 0.3 is 0 Å². The summed E-state index contributed by atoms with van der Waals surface area (Å²) in [5.41, 5.74) is 3.12.